The molecule has 0 radical (unpaired) electrons. The molecule has 0 aliphatic carbocycles. The summed E-state index contributed by atoms with van der Waals surface area (Å²) in [6.07, 6.45) is 0.494. The van der Waals surface area contributed by atoms with Crippen LogP contribution in [0, 0.1) is 18.6 Å². The molecule has 1 aromatic heterocycles. The fraction of sp³-hybridized carbons (Fsp3) is 0.400. The molecule has 2 N–H and O–H groups in total. The number of rotatable bonds is 5. The molecule has 2 atom stereocenters. The predicted octanol–water partition coefficient (Wildman–Crippen LogP) is 2.39. The van der Waals surface area contributed by atoms with E-state index in [1.54, 1.807) is 10.9 Å². The van der Waals surface area contributed by atoms with Crippen molar-refractivity contribution in [3.05, 3.63) is 52.9 Å². The molecule has 1 aromatic carbocycles. The Morgan fingerprint density at radius 1 is 1.33 bits per heavy atom. The zero-order valence-electron chi connectivity index (χ0n) is 12.3. The smallest absolute Gasteiger partial charge is 0.131 e. The summed E-state index contributed by atoms with van der Waals surface area (Å²) in [5.41, 5.74) is 1.68. The SMILES string of the molecule is Cc1c(C(C)NCC(O)c2c(F)cccc2F)cnn1C. The number of aliphatic hydroxyl groups is 1. The van der Waals surface area contributed by atoms with Gasteiger partial charge in [0.15, 0.2) is 0 Å². The molecule has 0 fully saturated rings. The summed E-state index contributed by atoms with van der Waals surface area (Å²) in [7, 11) is 1.84. The summed E-state index contributed by atoms with van der Waals surface area (Å²) in [6.45, 7) is 3.90. The van der Waals surface area contributed by atoms with Gasteiger partial charge in [0.25, 0.3) is 0 Å². The van der Waals surface area contributed by atoms with Crippen molar-refractivity contribution in [2.75, 3.05) is 6.54 Å². The minimum atomic E-state index is -1.24. The number of benzene rings is 1. The van der Waals surface area contributed by atoms with E-state index < -0.39 is 17.7 Å². The van der Waals surface area contributed by atoms with E-state index >= 15 is 0 Å². The molecule has 2 aromatic rings. The highest BCUT2D eigenvalue weighted by Gasteiger charge is 2.19. The zero-order chi connectivity index (χ0) is 15.6. The molecule has 2 unspecified atom stereocenters. The van der Waals surface area contributed by atoms with Crippen LogP contribution in [-0.4, -0.2) is 21.4 Å². The number of aryl methyl sites for hydroxylation is 1. The lowest BCUT2D eigenvalue weighted by atomic mass is 10.1. The van der Waals surface area contributed by atoms with E-state index in [1.807, 2.05) is 20.9 Å². The molecule has 0 bridgehead atoms. The normalized spacial score (nSPS) is 14.2. The van der Waals surface area contributed by atoms with Crippen LogP contribution in [0.4, 0.5) is 8.78 Å². The second-order valence-electron chi connectivity index (χ2n) is 5.09. The highest BCUT2D eigenvalue weighted by atomic mass is 19.1. The number of aromatic nitrogens is 2. The number of nitrogens with zero attached hydrogens (tertiary/aromatic N) is 2. The van der Waals surface area contributed by atoms with Gasteiger partial charge in [-0.15, -0.1) is 0 Å². The van der Waals surface area contributed by atoms with Gasteiger partial charge in [0.2, 0.25) is 0 Å². The van der Waals surface area contributed by atoms with E-state index in [4.69, 9.17) is 0 Å². The maximum absolute atomic E-state index is 13.6. The Labute approximate surface area is 122 Å². The van der Waals surface area contributed by atoms with Crippen LogP contribution < -0.4 is 5.32 Å². The first kappa shape index (κ1) is 15.6. The van der Waals surface area contributed by atoms with Gasteiger partial charge >= 0.3 is 0 Å². The molecule has 0 saturated heterocycles. The summed E-state index contributed by atoms with van der Waals surface area (Å²) >= 11 is 0. The Morgan fingerprint density at radius 3 is 2.48 bits per heavy atom. The van der Waals surface area contributed by atoms with Gasteiger partial charge in [-0.2, -0.15) is 5.10 Å². The topological polar surface area (TPSA) is 50.1 Å². The van der Waals surface area contributed by atoms with Crippen LogP contribution in [0.1, 0.15) is 35.9 Å². The van der Waals surface area contributed by atoms with Crippen LogP contribution in [0.2, 0.25) is 0 Å². The van der Waals surface area contributed by atoms with Crippen molar-refractivity contribution in [2.24, 2.45) is 7.05 Å². The predicted molar refractivity (Wildman–Crippen MR) is 75.7 cm³/mol. The van der Waals surface area contributed by atoms with Gasteiger partial charge in [-0.25, -0.2) is 8.78 Å². The molecule has 0 spiro atoms. The van der Waals surface area contributed by atoms with E-state index in [-0.39, 0.29) is 18.2 Å². The number of halogens is 2. The number of aliphatic hydroxyl groups excluding tert-OH is 1. The summed E-state index contributed by atoms with van der Waals surface area (Å²) < 4.78 is 28.9. The number of hydrogen-bond donors (Lipinski definition) is 2. The molecule has 0 aliphatic rings. The third kappa shape index (κ3) is 3.28. The molecule has 6 heteroatoms. The van der Waals surface area contributed by atoms with Crippen molar-refractivity contribution in [1.29, 1.82) is 0 Å². The van der Waals surface area contributed by atoms with Crippen LogP contribution in [0.25, 0.3) is 0 Å². The lowest BCUT2D eigenvalue weighted by molar-refractivity contribution is 0.161. The van der Waals surface area contributed by atoms with Crippen LogP contribution in [0.15, 0.2) is 24.4 Å². The highest BCUT2D eigenvalue weighted by molar-refractivity contribution is 5.23. The fourth-order valence-electron chi connectivity index (χ4n) is 2.27. The average molecular weight is 295 g/mol. The van der Waals surface area contributed by atoms with Gasteiger partial charge in [0.1, 0.15) is 11.6 Å². The standard InChI is InChI=1S/C15H19F2N3O/c1-9(11-7-19-20(3)10(11)2)18-8-14(21)15-12(16)5-4-6-13(15)17/h4-7,9,14,18,21H,8H2,1-3H3. The maximum atomic E-state index is 13.6. The van der Waals surface area contributed by atoms with Gasteiger partial charge in [-0.3, -0.25) is 4.68 Å². The van der Waals surface area contributed by atoms with Crippen molar-refractivity contribution in [1.82, 2.24) is 15.1 Å². The summed E-state index contributed by atoms with van der Waals surface area (Å²) in [5.74, 6) is -1.48. The van der Waals surface area contributed by atoms with Crippen molar-refractivity contribution in [3.8, 4) is 0 Å². The second-order valence-corrected chi connectivity index (χ2v) is 5.09. The fourth-order valence-corrected chi connectivity index (χ4v) is 2.27. The van der Waals surface area contributed by atoms with Crippen LogP contribution >= 0.6 is 0 Å². The van der Waals surface area contributed by atoms with Gasteiger partial charge < -0.3 is 10.4 Å². The Hall–Kier alpha value is -1.79. The third-order valence-electron chi connectivity index (χ3n) is 3.69. The van der Waals surface area contributed by atoms with Crippen molar-refractivity contribution in [2.45, 2.75) is 26.0 Å². The first-order valence-electron chi connectivity index (χ1n) is 6.75. The minimum Gasteiger partial charge on any atom is -0.387 e. The Balaban J connectivity index is 2.04. The van der Waals surface area contributed by atoms with E-state index in [9.17, 15) is 13.9 Å². The van der Waals surface area contributed by atoms with Gasteiger partial charge in [0.05, 0.1) is 17.9 Å². The number of nitrogens with one attached hydrogen (secondary N) is 1. The molecule has 0 saturated carbocycles. The quantitative estimate of drug-likeness (QED) is 0.890. The van der Waals surface area contributed by atoms with E-state index in [0.29, 0.717) is 0 Å². The lowest BCUT2D eigenvalue weighted by Gasteiger charge is -2.18. The van der Waals surface area contributed by atoms with E-state index in [1.165, 1.54) is 6.07 Å². The Morgan fingerprint density at radius 2 is 1.95 bits per heavy atom. The number of hydrogen-bond acceptors (Lipinski definition) is 3. The van der Waals surface area contributed by atoms with Crippen molar-refractivity contribution >= 4 is 0 Å². The molecular weight excluding hydrogens is 276 g/mol. The first-order valence-corrected chi connectivity index (χ1v) is 6.75. The maximum Gasteiger partial charge on any atom is 0.131 e. The summed E-state index contributed by atoms with van der Waals surface area (Å²) in [6, 6.07) is 3.46. The minimum absolute atomic E-state index is 0.0490. The van der Waals surface area contributed by atoms with Crippen LogP contribution in [0.5, 0.6) is 0 Å². The first-order chi connectivity index (χ1) is 9.91. The van der Waals surface area contributed by atoms with E-state index in [2.05, 4.69) is 10.4 Å². The van der Waals surface area contributed by atoms with E-state index in [0.717, 1.165) is 23.4 Å². The third-order valence-corrected chi connectivity index (χ3v) is 3.69. The summed E-state index contributed by atoms with van der Waals surface area (Å²) in [4.78, 5) is 0. The molecule has 4 nitrogen and oxygen atoms in total. The monoisotopic (exact) mass is 295 g/mol. The Bertz CT molecular complexity index is 607. The van der Waals surface area contributed by atoms with Gasteiger partial charge in [-0.1, -0.05) is 6.07 Å². The molecule has 2 rings (SSSR count). The highest BCUT2D eigenvalue weighted by Crippen LogP contribution is 2.22. The second kappa shape index (κ2) is 6.32. The Kier molecular flexibility index (Phi) is 4.69. The van der Waals surface area contributed by atoms with Crippen molar-refractivity contribution < 1.29 is 13.9 Å². The van der Waals surface area contributed by atoms with Crippen molar-refractivity contribution in [3.63, 3.8) is 0 Å². The molecule has 1 heterocycles. The molecule has 21 heavy (non-hydrogen) atoms. The lowest BCUT2D eigenvalue weighted by Crippen LogP contribution is -2.26. The van der Waals surface area contributed by atoms with Crippen LogP contribution in [0.3, 0.4) is 0 Å². The molecule has 0 amide bonds. The molecule has 114 valence electrons. The van der Waals surface area contributed by atoms with Gasteiger partial charge in [0, 0.05) is 30.9 Å². The van der Waals surface area contributed by atoms with Gasteiger partial charge in [-0.05, 0) is 26.0 Å². The zero-order valence-corrected chi connectivity index (χ0v) is 12.3. The van der Waals surface area contributed by atoms with Crippen LogP contribution in [-0.2, 0) is 7.05 Å². The molecule has 0 aliphatic heterocycles. The molecular formula is C15H19F2N3O. The summed E-state index contributed by atoms with van der Waals surface area (Å²) in [5, 5.41) is 17.2. The largest absolute Gasteiger partial charge is 0.387 e. The average Bonchev–Trinajstić information content (AvgIpc) is 2.76.